The Balaban J connectivity index is 3.10. The van der Waals surface area contributed by atoms with Crippen LogP contribution in [-0.4, -0.2) is 0 Å². The average Bonchev–Trinajstić information content (AvgIpc) is 2.17. The molecule has 0 aromatic heterocycles. The summed E-state index contributed by atoms with van der Waals surface area (Å²) >= 11 is 0. The fourth-order valence-electron chi connectivity index (χ4n) is 1.09. The molecule has 0 aliphatic heterocycles. The maximum Gasteiger partial charge on any atom is 0.239 e. The zero-order valence-electron chi connectivity index (χ0n) is 6.92. The van der Waals surface area contributed by atoms with Crippen molar-refractivity contribution in [2.24, 2.45) is 0 Å². The van der Waals surface area contributed by atoms with Crippen LogP contribution in [0.15, 0.2) is 18.2 Å². The van der Waals surface area contributed by atoms with Crippen molar-refractivity contribution in [2.45, 2.75) is 13.2 Å². The average molecular weight is 174 g/mol. The maximum absolute atomic E-state index is 12.3. The number of halogens is 1. The number of nitriles is 1. The summed E-state index contributed by atoms with van der Waals surface area (Å²) in [6.45, 7) is 6.24. The summed E-state index contributed by atoms with van der Waals surface area (Å²) in [5.74, 6) is 0. The van der Waals surface area contributed by atoms with Gasteiger partial charge in [0.15, 0.2) is 0 Å². The monoisotopic (exact) mass is 174 g/mol. The van der Waals surface area contributed by atoms with Gasteiger partial charge in [-0.05, 0) is 23.8 Å². The molecule has 0 aliphatic carbocycles. The lowest BCUT2D eigenvalue weighted by Gasteiger charge is -1.97. The normalized spacial score (nSPS) is 8.85. The van der Waals surface area contributed by atoms with E-state index in [0.29, 0.717) is 16.7 Å². The number of benzene rings is 1. The van der Waals surface area contributed by atoms with Crippen molar-refractivity contribution >= 4 is 0 Å². The number of alkyl halides is 1. The van der Waals surface area contributed by atoms with Gasteiger partial charge in [-0.1, -0.05) is 0 Å². The first-order chi connectivity index (χ1) is 6.30. The third-order valence-corrected chi connectivity index (χ3v) is 1.60. The Hall–Kier alpha value is -1.87. The topological polar surface area (TPSA) is 28.1 Å². The molecule has 0 radical (unpaired) electrons. The van der Waals surface area contributed by atoms with Gasteiger partial charge < -0.3 is 4.85 Å². The molecule has 0 bridgehead atoms. The summed E-state index contributed by atoms with van der Waals surface area (Å²) in [6.07, 6.45) is 0. The summed E-state index contributed by atoms with van der Waals surface area (Å²) in [7, 11) is 0. The van der Waals surface area contributed by atoms with E-state index in [-0.39, 0.29) is 6.54 Å². The standard InChI is InChI=1S/C10H7FN2/c1-13-7-10-3-8(5-11)2-9(4-10)6-12/h2-4H,5,7H2. The lowest BCUT2D eigenvalue weighted by atomic mass is 10.1. The molecule has 0 saturated heterocycles. The van der Waals surface area contributed by atoms with Crippen molar-refractivity contribution in [2.75, 3.05) is 0 Å². The van der Waals surface area contributed by atoms with Gasteiger partial charge in [0.05, 0.1) is 11.6 Å². The SMILES string of the molecule is [C-]#[N+]Cc1cc(C#N)cc(CF)c1. The maximum atomic E-state index is 12.3. The van der Waals surface area contributed by atoms with Crippen molar-refractivity contribution in [3.8, 4) is 6.07 Å². The molecule has 13 heavy (non-hydrogen) atoms. The Morgan fingerprint density at radius 2 is 2.08 bits per heavy atom. The van der Waals surface area contributed by atoms with Crippen molar-refractivity contribution in [1.29, 1.82) is 5.26 Å². The molecule has 0 atom stereocenters. The number of hydrogen-bond donors (Lipinski definition) is 0. The smallest absolute Gasteiger partial charge is 0.239 e. The highest BCUT2D eigenvalue weighted by molar-refractivity contribution is 5.37. The van der Waals surface area contributed by atoms with Gasteiger partial charge in [0.25, 0.3) is 0 Å². The molecule has 1 aromatic carbocycles. The second-order valence-electron chi connectivity index (χ2n) is 2.60. The van der Waals surface area contributed by atoms with E-state index in [0.717, 1.165) is 0 Å². The quantitative estimate of drug-likeness (QED) is 0.633. The molecule has 0 N–H and O–H groups in total. The molecule has 0 saturated carbocycles. The van der Waals surface area contributed by atoms with E-state index >= 15 is 0 Å². The first-order valence-corrected chi connectivity index (χ1v) is 3.72. The molecule has 0 spiro atoms. The van der Waals surface area contributed by atoms with Crippen molar-refractivity contribution in [1.82, 2.24) is 0 Å². The molecule has 2 nitrogen and oxygen atoms in total. The van der Waals surface area contributed by atoms with E-state index in [9.17, 15) is 4.39 Å². The van der Waals surface area contributed by atoms with Crippen LogP contribution in [0, 0.1) is 17.9 Å². The molecule has 0 fully saturated rings. The third-order valence-electron chi connectivity index (χ3n) is 1.60. The molecule has 3 heteroatoms. The van der Waals surface area contributed by atoms with Crippen LogP contribution in [0.2, 0.25) is 0 Å². The number of hydrogen-bond acceptors (Lipinski definition) is 1. The van der Waals surface area contributed by atoms with Crippen LogP contribution in [0.25, 0.3) is 4.85 Å². The summed E-state index contributed by atoms with van der Waals surface area (Å²) in [5, 5.41) is 8.60. The molecule has 64 valence electrons. The lowest BCUT2D eigenvalue weighted by Crippen LogP contribution is -1.87. The van der Waals surface area contributed by atoms with E-state index in [1.54, 1.807) is 12.1 Å². The van der Waals surface area contributed by atoms with E-state index < -0.39 is 6.67 Å². The second-order valence-corrected chi connectivity index (χ2v) is 2.60. The van der Waals surface area contributed by atoms with Gasteiger partial charge >= 0.3 is 0 Å². The Kier molecular flexibility index (Phi) is 3.00. The van der Waals surface area contributed by atoms with Gasteiger partial charge in [-0.25, -0.2) is 11.0 Å². The Bertz CT molecular complexity index is 385. The first-order valence-electron chi connectivity index (χ1n) is 3.72. The Morgan fingerprint density at radius 3 is 2.62 bits per heavy atom. The van der Waals surface area contributed by atoms with Gasteiger partial charge in [-0.2, -0.15) is 5.26 Å². The van der Waals surface area contributed by atoms with Crippen molar-refractivity contribution in [3.05, 3.63) is 46.3 Å². The zero-order chi connectivity index (χ0) is 9.68. The van der Waals surface area contributed by atoms with Gasteiger partial charge in [-0.15, -0.1) is 0 Å². The molecular formula is C10H7FN2. The summed E-state index contributed by atoms with van der Waals surface area (Å²) < 4.78 is 12.3. The van der Waals surface area contributed by atoms with Gasteiger partial charge in [0.2, 0.25) is 6.54 Å². The highest BCUT2D eigenvalue weighted by Gasteiger charge is 2.01. The molecule has 0 amide bonds. The zero-order valence-corrected chi connectivity index (χ0v) is 6.92. The molecule has 0 unspecified atom stereocenters. The van der Waals surface area contributed by atoms with Crippen LogP contribution < -0.4 is 0 Å². The minimum Gasteiger partial charge on any atom is -0.312 e. The Labute approximate surface area is 76.1 Å². The largest absolute Gasteiger partial charge is 0.312 e. The summed E-state index contributed by atoms with van der Waals surface area (Å²) in [5.41, 5.74) is 1.56. The molecule has 1 aromatic rings. The molecule has 0 aliphatic rings. The number of rotatable bonds is 2. The van der Waals surface area contributed by atoms with Gasteiger partial charge in [0, 0.05) is 5.56 Å². The van der Waals surface area contributed by atoms with E-state index in [4.69, 9.17) is 11.8 Å². The highest BCUT2D eigenvalue weighted by atomic mass is 19.1. The predicted octanol–water partition coefficient (Wildman–Crippen LogP) is 2.45. The lowest BCUT2D eigenvalue weighted by molar-refractivity contribution is 0.485. The minimum atomic E-state index is -0.597. The van der Waals surface area contributed by atoms with Crippen LogP contribution in [0.4, 0.5) is 4.39 Å². The first kappa shape index (κ1) is 9.22. The summed E-state index contributed by atoms with van der Waals surface area (Å²) in [6, 6.07) is 6.64. The van der Waals surface area contributed by atoms with Crippen LogP contribution >= 0.6 is 0 Å². The van der Waals surface area contributed by atoms with Gasteiger partial charge in [0.1, 0.15) is 6.67 Å². The third kappa shape index (κ3) is 2.28. The highest BCUT2D eigenvalue weighted by Crippen LogP contribution is 2.11. The van der Waals surface area contributed by atoms with E-state index in [2.05, 4.69) is 4.85 Å². The van der Waals surface area contributed by atoms with Crippen LogP contribution in [-0.2, 0) is 13.2 Å². The fraction of sp³-hybridized carbons (Fsp3) is 0.200. The van der Waals surface area contributed by atoms with E-state index in [1.807, 2.05) is 6.07 Å². The Morgan fingerprint density at radius 1 is 1.38 bits per heavy atom. The summed E-state index contributed by atoms with van der Waals surface area (Å²) in [4.78, 5) is 3.17. The van der Waals surface area contributed by atoms with Crippen LogP contribution in [0.5, 0.6) is 0 Å². The minimum absolute atomic E-state index is 0.197. The molecule has 1 rings (SSSR count). The fourth-order valence-corrected chi connectivity index (χ4v) is 1.09. The molecular weight excluding hydrogens is 167 g/mol. The van der Waals surface area contributed by atoms with Crippen LogP contribution in [0.3, 0.4) is 0 Å². The molecule has 0 heterocycles. The van der Waals surface area contributed by atoms with Crippen molar-refractivity contribution in [3.63, 3.8) is 0 Å². The van der Waals surface area contributed by atoms with Gasteiger partial charge in [-0.3, -0.25) is 0 Å². The van der Waals surface area contributed by atoms with E-state index in [1.165, 1.54) is 6.07 Å². The van der Waals surface area contributed by atoms with Crippen LogP contribution in [0.1, 0.15) is 16.7 Å². The predicted molar refractivity (Wildman–Crippen MR) is 46.3 cm³/mol. The van der Waals surface area contributed by atoms with Crippen molar-refractivity contribution < 1.29 is 4.39 Å². The second kappa shape index (κ2) is 4.23. The number of nitrogens with zero attached hydrogens (tertiary/aromatic N) is 2.